The molecule has 3 aromatic carbocycles. The molecule has 2 N–H and O–H groups in total. The first-order valence-corrected chi connectivity index (χ1v) is 10.7. The summed E-state index contributed by atoms with van der Waals surface area (Å²) in [5.41, 5.74) is 4.21. The van der Waals surface area contributed by atoms with Crippen molar-refractivity contribution in [3.63, 3.8) is 0 Å². The zero-order chi connectivity index (χ0) is 22.6. The summed E-state index contributed by atoms with van der Waals surface area (Å²) < 4.78 is 11.6. The SMILES string of the molecule is COc1ccc(-c2c(-c3ccccc3)oc3ncnc(N[C@H](CO)c4ccccc4)c23)cc1. The fourth-order valence-corrected chi connectivity index (χ4v) is 3.95. The number of aromatic nitrogens is 2. The smallest absolute Gasteiger partial charge is 0.232 e. The molecule has 2 aromatic heterocycles. The summed E-state index contributed by atoms with van der Waals surface area (Å²) in [7, 11) is 1.64. The molecule has 5 rings (SSSR count). The number of nitrogens with one attached hydrogen (secondary N) is 1. The van der Waals surface area contributed by atoms with Crippen LogP contribution in [-0.2, 0) is 0 Å². The maximum absolute atomic E-state index is 10.1. The van der Waals surface area contributed by atoms with Crippen molar-refractivity contribution in [2.45, 2.75) is 6.04 Å². The summed E-state index contributed by atoms with van der Waals surface area (Å²) in [4.78, 5) is 8.94. The predicted molar refractivity (Wildman–Crippen MR) is 129 cm³/mol. The fourth-order valence-electron chi connectivity index (χ4n) is 3.95. The second-order valence-corrected chi connectivity index (χ2v) is 7.59. The van der Waals surface area contributed by atoms with Gasteiger partial charge in [-0.25, -0.2) is 9.97 Å². The van der Waals surface area contributed by atoms with E-state index >= 15 is 0 Å². The lowest BCUT2D eigenvalue weighted by molar-refractivity contribution is 0.276. The molecule has 0 aliphatic rings. The van der Waals surface area contributed by atoms with Gasteiger partial charge in [-0.15, -0.1) is 0 Å². The first kappa shape index (κ1) is 20.7. The maximum Gasteiger partial charge on any atom is 0.232 e. The highest BCUT2D eigenvalue weighted by Crippen LogP contribution is 2.43. The van der Waals surface area contributed by atoms with Gasteiger partial charge in [-0.05, 0) is 23.3 Å². The molecule has 0 saturated carbocycles. The number of nitrogens with zero attached hydrogens (tertiary/aromatic N) is 2. The van der Waals surface area contributed by atoms with E-state index in [0.29, 0.717) is 17.3 Å². The van der Waals surface area contributed by atoms with Crippen LogP contribution in [0.5, 0.6) is 5.75 Å². The van der Waals surface area contributed by atoms with Gasteiger partial charge in [-0.3, -0.25) is 0 Å². The standard InChI is InChI=1S/C27H23N3O3/c1-32-21-14-12-19(13-15-21)23-24-26(30-22(16-31)18-8-4-2-5-9-18)28-17-29-27(24)33-25(23)20-10-6-3-7-11-20/h2-15,17,22,31H,16H2,1H3,(H,28,29,30)/t22-/m1/s1. The van der Waals surface area contributed by atoms with E-state index in [1.165, 1.54) is 6.33 Å². The Hall–Kier alpha value is -4.16. The summed E-state index contributed by atoms with van der Waals surface area (Å²) >= 11 is 0. The molecule has 0 unspecified atom stereocenters. The molecule has 1 atom stereocenters. The van der Waals surface area contributed by atoms with Crippen LogP contribution in [0.1, 0.15) is 11.6 Å². The van der Waals surface area contributed by atoms with Gasteiger partial charge in [-0.2, -0.15) is 0 Å². The van der Waals surface area contributed by atoms with Crippen LogP contribution in [-0.4, -0.2) is 28.8 Å². The molecule has 0 aliphatic carbocycles. The number of methoxy groups -OCH3 is 1. The Morgan fingerprint density at radius 2 is 1.58 bits per heavy atom. The normalized spacial score (nSPS) is 11.9. The Morgan fingerprint density at radius 3 is 2.24 bits per heavy atom. The molecule has 33 heavy (non-hydrogen) atoms. The van der Waals surface area contributed by atoms with Gasteiger partial charge < -0.3 is 19.6 Å². The summed E-state index contributed by atoms with van der Waals surface area (Å²) in [6.07, 6.45) is 1.47. The van der Waals surface area contributed by atoms with Crippen molar-refractivity contribution in [2.24, 2.45) is 0 Å². The molecule has 0 saturated heterocycles. The zero-order valence-corrected chi connectivity index (χ0v) is 18.1. The van der Waals surface area contributed by atoms with E-state index in [9.17, 15) is 5.11 Å². The van der Waals surface area contributed by atoms with E-state index in [1.54, 1.807) is 7.11 Å². The molecule has 5 aromatic rings. The van der Waals surface area contributed by atoms with Crippen LogP contribution < -0.4 is 10.1 Å². The molecule has 0 radical (unpaired) electrons. The van der Waals surface area contributed by atoms with Crippen molar-refractivity contribution in [3.8, 4) is 28.2 Å². The molecule has 0 amide bonds. The molecule has 2 heterocycles. The molecule has 164 valence electrons. The van der Waals surface area contributed by atoms with Crippen LogP contribution in [0.25, 0.3) is 33.6 Å². The lowest BCUT2D eigenvalue weighted by atomic mass is 9.99. The van der Waals surface area contributed by atoms with Gasteiger partial charge in [0.05, 0.1) is 25.1 Å². The van der Waals surface area contributed by atoms with E-state index in [4.69, 9.17) is 9.15 Å². The van der Waals surface area contributed by atoms with Crippen molar-refractivity contribution >= 4 is 16.9 Å². The predicted octanol–water partition coefficient (Wildman–Crippen LogP) is 5.71. The lowest BCUT2D eigenvalue weighted by Crippen LogP contribution is -2.15. The van der Waals surface area contributed by atoms with Crippen molar-refractivity contribution in [2.75, 3.05) is 19.0 Å². The van der Waals surface area contributed by atoms with Crippen LogP contribution in [0.2, 0.25) is 0 Å². The number of benzene rings is 3. The minimum absolute atomic E-state index is 0.0865. The van der Waals surface area contributed by atoms with Crippen LogP contribution in [0.4, 0.5) is 5.82 Å². The maximum atomic E-state index is 10.1. The second-order valence-electron chi connectivity index (χ2n) is 7.59. The number of fused-ring (bicyclic) bond motifs is 1. The molecule has 0 fully saturated rings. The van der Waals surface area contributed by atoms with E-state index in [2.05, 4.69) is 15.3 Å². The number of aliphatic hydroxyl groups excluding tert-OH is 1. The largest absolute Gasteiger partial charge is 0.497 e. The highest BCUT2D eigenvalue weighted by Gasteiger charge is 2.23. The average molecular weight is 437 g/mol. The number of aliphatic hydroxyl groups is 1. The highest BCUT2D eigenvalue weighted by molar-refractivity contribution is 6.05. The van der Waals surface area contributed by atoms with Gasteiger partial charge in [0.25, 0.3) is 0 Å². The Balaban J connectivity index is 1.70. The van der Waals surface area contributed by atoms with Gasteiger partial charge in [0.15, 0.2) is 0 Å². The van der Waals surface area contributed by atoms with E-state index in [1.807, 2.05) is 84.9 Å². The molecule has 6 nitrogen and oxygen atoms in total. The van der Waals surface area contributed by atoms with Crippen molar-refractivity contribution in [1.29, 1.82) is 0 Å². The third-order valence-electron chi connectivity index (χ3n) is 5.60. The van der Waals surface area contributed by atoms with Gasteiger partial charge in [0.1, 0.15) is 23.7 Å². The van der Waals surface area contributed by atoms with Crippen LogP contribution in [0.15, 0.2) is 95.7 Å². The Morgan fingerprint density at radius 1 is 0.879 bits per heavy atom. The third-order valence-corrected chi connectivity index (χ3v) is 5.60. The topological polar surface area (TPSA) is 80.4 Å². The summed E-state index contributed by atoms with van der Waals surface area (Å²) in [5, 5.41) is 14.3. The Labute approximate surface area is 191 Å². The molecular formula is C27H23N3O3. The first-order chi connectivity index (χ1) is 16.3. The molecule has 0 aliphatic heterocycles. The quantitative estimate of drug-likeness (QED) is 0.339. The van der Waals surface area contributed by atoms with E-state index in [0.717, 1.165) is 33.4 Å². The average Bonchev–Trinajstić information content (AvgIpc) is 3.29. The van der Waals surface area contributed by atoms with Crippen molar-refractivity contribution < 1.29 is 14.3 Å². The number of furan rings is 1. The third kappa shape index (κ3) is 4.04. The van der Waals surface area contributed by atoms with Crippen molar-refractivity contribution in [1.82, 2.24) is 9.97 Å². The number of anilines is 1. The minimum Gasteiger partial charge on any atom is -0.497 e. The summed E-state index contributed by atoms with van der Waals surface area (Å²) in [6.45, 7) is -0.0865. The molecule has 0 bridgehead atoms. The number of hydrogen-bond donors (Lipinski definition) is 2. The number of hydrogen-bond acceptors (Lipinski definition) is 6. The molecular weight excluding hydrogens is 414 g/mol. The fraction of sp³-hybridized carbons (Fsp3) is 0.111. The van der Waals surface area contributed by atoms with Gasteiger partial charge in [-0.1, -0.05) is 72.8 Å². The van der Waals surface area contributed by atoms with Gasteiger partial charge in [0.2, 0.25) is 5.71 Å². The Bertz CT molecular complexity index is 1350. The Kier molecular flexibility index (Phi) is 5.74. The van der Waals surface area contributed by atoms with Crippen LogP contribution >= 0.6 is 0 Å². The van der Waals surface area contributed by atoms with Gasteiger partial charge in [0, 0.05) is 11.1 Å². The lowest BCUT2D eigenvalue weighted by Gasteiger charge is -2.18. The molecule has 6 heteroatoms. The van der Waals surface area contributed by atoms with Crippen LogP contribution in [0.3, 0.4) is 0 Å². The number of ether oxygens (including phenoxy) is 1. The number of rotatable bonds is 7. The zero-order valence-electron chi connectivity index (χ0n) is 18.1. The molecule has 0 spiro atoms. The summed E-state index contributed by atoms with van der Waals surface area (Å²) in [6, 6.07) is 27.2. The monoisotopic (exact) mass is 437 g/mol. The van der Waals surface area contributed by atoms with Crippen molar-refractivity contribution in [3.05, 3.63) is 96.8 Å². The highest BCUT2D eigenvalue weighted by atomic mass is 16.5. The van der Waals surface area contributed by atoms with E-state index < -0.39 is 0 Å². The van der Waals surface area contributed by atoms with Crippen LogP contribution in [0, 0.1) is 0 Å². The summed E-state index contributed by atoms with van der Waals surface area (Å²) in [5.74, 6) is 2.08. The van der Waals surface area contributed by atoms with E-state index in [-0.39, 0.29) is 12.6 Å². The minimum atomic E-state index is -0.330. The second kappa shape index (κ2) is 9.14. The first-order valence-electron chi connectivity index (χ1n) is 10.7. The van der Waals surface area contributed by atoms with Gasteiger partial charge >= 0.3 is 0 Å².